The molecule has 3 saturated heterocycles. The zero-order valence-electron chi connectivity index (χ0n) is 12.0. The van der Waals surface area contributed by atoms with E-state index in [2.05, 4.69) is 10.3 Å². The number of hydrogen-bond acceptors (Lipinski definition) is 6. The van der Waals surface area contributed by atoms with Crippen LogP contribution >= 0.6 is 0 Å². The van der Waals surface area contributed by atoms with Crippen LogP contribution in [0, 0.1) is 5.41 Å². The molecule has 118 valence electrons. The van der Waals surface area contributed by atoms with E-state index >= 15 is 0 Å². The van der Waals surface area contributed by atoms with Crippen molar-refractivity contribution >= 4 is 11.9 Å². The Labute approximate surface area is 126 Å². The summed E-state index contributed by atoms with van der Waals surface area (Å²) >= 11 is 0. The maximum atomic E-state index is 12.0. The van der Waals surface area contributed by atoms with Crippen molar-refractivity contribution in [1.82, 2.24) is 10.3 Å². The molecule has 2 N–H and O–H groups in total. The van der Waals surface area contributed by atoms with Gasteiger partial charge in [-0.15, -0.1) is 0 Å². The number of amides is 1. The van der Waals surface area contributed by atoms with Gasteiger partial charge in [-0.1, -0.05) is 6.92 Å². The Morgan fingerprint density at radius 3 is 2.41 bits per heavy atom. The fraction of sp³-hybridized carbons (Fsp3) is 0.500. The van der Waals surface area contributed by atoms with Crippen LogP contribution in [0.3, 0.4) is 0 Å². The van der Waals surface area contributed by atoms with Crippen LogP contribution in [0.5, 0.6) is 0 Å². The van der Waals surface area contributed by atoms with Gasteiger partial charge < -0.3 is 24.6 Å². The van der Waals surface area contributed by atoms with Gasteiger partial charge in [-0.2, -0.15) is 0 Å². The van der Waals surface area contributed by atoms with Crippen LogP contribution in [0.2, 0.25) is 0 Å². The van der Waals surface area contributed by atoms with Gasteiger partial charge in [0.2, 0.25) is 0 Å². The molecule has 0 spiro atoms. The lowest BCUT2D eigenvalue weighted by molar-refractivity contribution is -0.461. The molecule has 3 fully saturated rings. The third-order valence-corrected chi connectivity index (χ3v) is 3.63. The first-order chi connectivity index (χ1) is 10.4. The molecule has 8 heteroatoms. The lowest BCUT2D eigenvalue weighted by Crippen LogP contribution is -2.62. The molecule has 1 aromatic rings. The van der Waals surface area contributed by atoms with Gasteiger partial charge in [0, 0.05) is 11.6 Å². The number of carboxylic acids is 1. The molecule has 0 aromatic carbocycles. The maximum absolute atomic E-state index is 12.0. The minimum absolute atomic E-state index is 0.0176. The van der Waals surface area contributed by atoms with Crippen LogP contribution in [0.15, 0.2) is 18.3 Å². The molecule has 22 heavy (non-hydrogen) atoms. The third kappa shape index (κ3) is 2.80. The summed E-state index contributed by atoms with van der Waals surface area (Å²) in [6, 6.07) is 2.66. The smallest absolute Gasteiger partial charge is 0.337 e. The fourth-order valence-electron chi connectivity index (χ4n) is 2.19. The molecule has 0 aliphatic carbocycles. The number of pyridine rings is 1. The van der Waals surface area contributed by atoms with E-state index in [0.717, 1.165) is 6.20 Å². The number of fused-ring (bicyclic) bond motifs is 3. The van der Waals surface area contributed by atoms with E-state index in [1.807, 2.05) is 6.92 Å². The van der Waals surface area contributed by atoms with Crippen molar-refractivity contribution in [1.29, 1.82) is 0 Å². The number of nitrogens with zero attached hydrogens (tertiary/aromatic N) is 1. The lowest BCUT2D eigenvalue weighted by atomic mass is 9.92. The summed E-state index contributed by atoms with van der Waals surface area (Å²) in [7, 11) is 0. The molecule has 0 atom stereocenters. The summed E-state index contributed by atoms with van der Waals surface area (Å²) in [5, 5.41) is 11.4. The Hall–Kier alpha value is -2.03. The normalized spacial score (nSPS) is 30.0. The van der Waals surface area contributed by atoms with E-state index in [-0.39, 0.29) is 23.2 Å². The number of aromatic carboxylic acids is 1. The topological polar surface area (TPSA) is 107 Å². The molecule has 3 aliphatic heterocycles. The van der Waals surface area contributed by atoms with Crippen molar-refractivity contribution in [3.8, 4) is 0 Å². The Morgan fingerprint density at radius 1 is 1.27 bits per heavy atom. The van der Waals surface area contributed by atoms with Crippen molar-refractivity contribution in [3.63, 3.8) is 0 Å². The van der Waals surface area contributed by atoms with Gasteiger partial charge in [-0.25, -0.2) is 4.79 Å². The number of rotatable bonds is 4. The van der Waals surface area contributed by atoms with Gasteiger partial charge in [0.15, 0.2) is 0 Å². The molecule has 1 amide bonds. The highest BCUT2D eigenvalue weighted by Gasteiger charge is 2.50. The predicted octanol–water partition coefficient (Wildman–Crippen LogP) is 0.247. The first kappa shape index (κ1) is 14.9. The van der Waals surface area contributed by atoms with Crippen LogP contribution in [0.1, 0.15) is 27.8 Å². The predicted molar refractivity (Wildman–Crippen MR) is 72.2 cm³/mol. The number of aromatic nitrogens is 1. The van der Waals surface area contributed by atoms with Gasteiger partial charge in [-0.3, -0.25) is 9.78 Å². The summed E-state index contributed by atoms with van der Waals surface area (Å²) in [5.74, 6) is -2.80. The molecule has 1 aromatic heterocycles. The molecular formula is C14H16N2O6. The fourth-order valence-corrected chi connectivity index (χ4v) is 2.19. The largest absolute Gasteiger partial charge is 0.478 e. The average Bonchev–Trinajstić information content (AvgIpc) is 2.54. The highest BCUT2D eigenvalue weighted by molar-refractivity contribution is 5.93. The molecule has 0 saturated carbocycles. The van der Waals surface area contributed by atoms with Crippen LogP contribution in [0.4, 0.5) is 0 Å². The summed E-state index contributed by atoms with van der Waals surface area (Å²) in [6.07, 6.45) is 1.13. The van der Waals surface area contributed by atoms with Crippen molar-refractivity contribution in [2.45, 2.75) is 12.9 Å². The van der Waals surface area contributed by atoms with Gasteiger partial charge >= 0.3 is 11.9 Å². The van der Waals surface area contributed by atoms with Crippen molar-refractivity contribution < 1.29 is 28.9 Å². The Kier molecular flexibility index (Phi) is 3.59. The maximum Gasteiger partial charge on any atom is 0.337 e. The molecule has 4 heterocycles. The number of ether oxygens (including phenoxy) is 3. The second-order valence-electron chi connectivity index (χ2n) is 5.78. The van der Waals surface area contributed by atoms with E-state index < -0.39 is 17.8 Å². The number of carboxylic acid groups (broad SMARTS) is 1. The SMILES string of the molecule is CC12COC(CNC(=O)c3ccc(C(=O)O)cn3)(OC1)OC2. The zero-order chi connectivity index (χ0) is 15.8. The molecule has 8 nitrogen and oxygen atoms in total. The first-order valence-electron chi connectivity index (χ1n) is 6.81. The Bertz CT molecular complexity index is 575. The molecule has 0 radical (unpaired) electrons. The monoisotopic (exact) mass is 308 g/mol. The number of hydrogen-bond donors (Lipinski definition) is 2. The summed E-state index contributed by atoms with van der Waals surface area (Å²) in [6.45, 7) is 3.56. The third-order valence-electron chi connectivity index (χ3n) is 3.63. The summed E-state index contributed by atoms with van der Waals surface area (Å²) in [4.78, 5) is 26.6. The van der Waals surface area contributed by atoms with E-state index in [1.54, 1.807) is 0 Å². The number of carbonyl (C=O) groups is 2. The average molecular weight is 308 g/mol. The van der Waals surface area contributed by atoms with Crippen LogP contribution < -0.4 is 5.32 Å². The van der Waals surface area contributed by atoms with E-state index in [9.17, 15) is 9.59 Å². The lowest BCUT2D eigenvalue weighted by Gasteiger charge is -2.50. The Morgan fingerprint density at radius 2 is 1.91 bits per heavy atom. The van der Waals surface area contributed by atoms with E-state index in [1.165, 1.54) is 12.1 Å². The molecule has 4 rings (SSSR count). The van der Waals surface area contributed by atoms with Crippen molar-refractivity contribution in [2.75, 3.05) is 26.4 Å². The minimum atomic E-state index is -1.24. The highest BCUT2D eigenvalue weighted by Crippen LogP contribution is 2.37. The minimum Gasteiger partial charge on any atom is -0.478 e. The molecule has 2 bridgehead atoms. The summed E-state index contributed by atoms with van der Waals surface area (Å²) in [5.41, 5.74) is -0.0122. The van der Waals surface area contributed by atoms with Crippen molar-refractivity contribution in [2.24, 2.45) is 5.41 Å². The second kappa shape index (κ2) is 5.31. The first-order valence-corrected chi connectivity index (χ1v) is 6.81. The number of nitrogens with one attached hydrogen (secondary N) is 1. The van der Waals surface area contributed by atoms with E-state index in [0.29, 0.717) is 19.8 Å². The van der Waals surface area contributed by atoms with Gasteiger partial charge in [0.25, 0.3) is 5.91 Å². The number of carbonyl (C=O) groups excluding carboxylic acids is 1. The standard InChI is InChI=1S/C14H16N2O6/c1-13-6-20-14(21-7-13,22-8-13)5-16-11(17)10-3-2-9(4-15-10)12(18)19/h2-4H,5-8H2,1H3,(H,16,17)(H,18,19). The Balaban J connectivity index is 1.59. The van der Waals surface area contributed by atoms with Crippen molar-refractivity contribution in [3.05, 3.63) is 29.6 Å². The van der Waals surface area contributed by atoms with Gasteiger partial charge in [0.1, 0.15) is 5.69 Å². The molecule has 0 unspecified atom stereocenters. The quantitative estimate of drug-likeness (QED) is 0.820. The van der Waals surface area contributed by atoms with Gasteiger partial charge in [0.05, 0.1) is 31.9 Å². The van der Waals surface area contributed by atoms with Crippen LogP contribution in [-0.4, -0.2) is 54.3 Å². The van der Waals surface area contributed by atoms with Crippen LogP contribution in [-0.2, 0) is 14.2 Å². The van der Waals surface area contributed by atoms with Crippen LogP contribution in [0.25, 0.3) is 0 Å². The highest BCUT2D eigenvalue weighted by atomic mass is 16.9. The molecule has 3 aliphatic rings. The summed E-state index contributed by atoms with van der Waals surface area (Å²) < 4.78 is 16.6. The van der Waals surface area contributed by atoms with Gasteiger partial charge in [-0.05, 0) is 12.1 Å². The second-order valence-corrected chi connectivity index (χ2v) is 5.78. The zero-order valence-corrected chi connectivity index (χ0v) is 12.0. The van der Waals surface area contributed by atoms with E-state index in [4.69, 9.17) is 19.3 Å². The molecular weight excluding hydrogens is 292 g/mol.